The van der Waals surface area contributed by atoms with Crippen LogP contribution in [0.25, 0.3) is 22.3 Å². The van der Waals surface area contributed by atoms with E-state index in [1.165, 1.54) is 0 Å². The molecule has 1 saturated heterocycles. The van der Waals surface area contributed by atoms with Gasteiger partial charge in [-0.05, 0) is 55.8 Å². The molecule has 1 aromatic heterocycles. The molecule has 3 aromatic rings. The minimum atomic E-state index is -0.234. The zero-order valence-corrected chi connectivity index (χ0v) is 20.9. The number of hydrogen-bond acceptors (Lipinski definition) is 7. The molecule has 0 aliphatic carbocycles. The number of ether oxygens (including phenoxy) is 3. The molecular formula is C26H31ClN4O4. The maximum atomic E-state index is 13.2. The fourth-order valence-corrected chi connectivity index (χ4v) is 4.34. The van der Waals surface area contributed by atoms with Crippen LogP contribution in [0.5, 0.6) is 5.75 Å². The second-order valence-corrected chi connectivity index (χ2v) is 8.78. The van der Waals surface area contributed by atoms with Gasteiger partial charge in [-0.1, -0.05) is 11.6 Å². The number of halogens is 1. The highest BCUT2D eigenvalue weighted by Gasteiger charge is 2.22. The highest BCUT2D eigenvalue weighted by molar-refractivity contribution is 6.31. The normalized spacial score (nSPS) is 16.4. The third kappa shape index (κ3) is 6.46. The van der Waals surface area contributed by atoms with Gasteiger partial charge in [-0.3, -0.25) is 9.69 Å². The summed E-state index contributed by atoms with van der Waals surface area (Å²) in [5, 5.41) is 4.24. The van der Waals surface area contributed by atoms with E-state index in [1.807, 2.05) is 31.2 Å². The van der Waals surface area contributed by atoms with Crippen molar-refractivity contribution in [1.29, 1.82) is 0 Å². The van der Waals surface area contributed by atoms with Crippen LogP contribution in [0.1, 0.15) is 23.8 Å². The molecule has 8 nitrogen and oxygen atoms in total. The van der Waals surface area contributed by atoms with E-state index in [9.17, 15) is 4.79 Å². The van der Waals surface area contributed by atoms with E-state index in [1.54, 1.807) is 25.3 Å². The SMILES string of the molecule is CCOc1ccc(-c2nc(C(=O)NCCCN3CCOCC3COC)c3ccc(Cl)cc3n2)cc1. The lowest BCUT2D eigenvalue weighted by atomic mass is 10.1. The van der Waals surface area contributed by atoms with Crippen molar-refractivity contribution in [3.05, 3.63) is 53.2 Å². The van der Waals surface area contributed by atoms with Crippen molar-refractivity contribution < 1.29 is 19.0 Å². The summed E-state index contributed by atoms with van der Waals surface area (Å²) in [5.74, 6) is 0.997. The van der Waals surface area contributed by atoms with Crippen LogP contribution < -0.4 is 10.1 Å². The van der Waals surface area contributed by atoms with Gasteiger partial charge in [0.15, 0.2) is 5.82 Å². The summed E-state index contributed by atoms with van der Waals surface area (Å²) in [7, 11) is 1.70. The molecule has 0 radical (unpaired) electrons. The third-order valence-electron chi connectivity index (χ3n) is 5.91. The molecule has 1 aliphatic rings. The van der Waals surface area contributed by atoms with Crippen molar-refractivity contribution in [3.63, 3.8) is 0 Å². The molecule has 1 N–H and O–H groups in total. The lowest BCUT2D eigenvalue weighted by Gasteiger charge is -2.35. The van der Waals surface area contributed by atoms with E-state index in [4.69, 9.17) is 25.8 Å². The molecule has 1 aliphatic heterocycles. The van der Waals surface area contributed by atoms with Gasteiger partial charge < -0.3 is 19.5 Å². The number of methoxy groups -OCH3 is 1. The molecule has 1 atom stereocenters. The Morgan fingerprint density at radius 2 is 2.06 bits per heavy atom. The fraction of sp³-hybridized carbons (Fsp3) is 0.423. The minimum absolute atomic E-state index is 0.234. The largest absolute Gasteiger partial charge is 0.494 e. The summed E-state index contributed by atoms with van der Waals surface area (Å²) in [4.78, 5) is 24.8. The van der Waals surface area contributed by atoms with E-state index in [2.05, 4.69) is 20.2 Å². The zero-order chi connectivity index (χ0) is 24.6. The standard InChI is InChI=1S/C26H31ClN4O4/c1-3-35-21-8-5-18(6-9-21)25-29-23-15-19(27)7-10-22(23)24(30-25)26(32)28-11-4-12-31-13-14-34-17-20(31)16-33-2/h5-10,15,20H,3-4,11-14,16-17H2,1-2H3,(H,28,32). The first kappa shape index (κ1) is 25.3. The van der Waals surface area contributed by atoms with Crippen LogP contribution in [-0.4, -0.2) is 80.0 Å². The monoisotopic (exact) mass is 498 g/mol. The first-order chi connectivity index (χ1) is 17.1. The lowest BCUT2D eigenvalue weighted by molar-refractivity contribution is -0.0351. The van der Waals surface area contributed by atoms with Gasteiger partial charge in [0.05, 0.1) is 38.0 Å². The van der Waals surface area contributed by atoms with Gasteiger partial charge in [0, 0.05) is 42.7 Å². The second-order valence-electron chi connectivity index (χ2n) is 8.34. The van der Waals surface area contributed by atoms with Crippen LogP contribution in [0.4, 0.5) is 0 Å². The molecule has 2 heterocycles. The average Bonchev–Trinajstić information content (AvgIpc) is 2.87. The van der Waals surface area contributed by atoms with Crippen molar-refractivity contribution in [2.24, 2.45) is 0 Å². The van der Waals surface area contributed by atoms with Crippen molar-refractivity contribution in [2.45, 2.75) is 19.4 Å². The molecule has 9 heteroatoms. The molecule has 0 saturated carbocycles. The molecule has 2 aromatic carbocycles. The van der Waals surface area contributed by atoms with Gasteiger partial charge in [0.1, 0.15) is 11.4 Å². The van der Waals surface area contributed by atoms with E-state index < -0.39 is 0 Å². The number of fused-ring (bicyclic) bond motifs is 1. The topological polar surface area (TPSA) is 85.8 Å². The number of carbonyl (C=O) groups excluding carboxylic acids is 1. The van der Waals surface area contributed by atoms with Gasteiger partial charge in [-0.2, -0.15) is 0 Å². The van der Waals surface area contributed by atoms with Crippen molar-refractivity contribution in [1.82, 2.24) is 20.2 Å². The Morgan fingerprint density at radius 3 is 2.83 bits per heavy atom. The number of amides is 1. The van der Waals surface area contributed by atoms with E-state index in [-0.39, 0.29) is 11.9 Å². The summed E-state index contributed by atoms with van der Waals surface area (Å²) in [5.41, 5.74) is 1.75. The smallest absolute Gasteiger partial charge is 0.270 e. The van der Waals surface area contributed by atoms with E-state index in [0.717, 1.165) is 37.4 Å². The fourth-order valence-electron chi connectivity index (χ4n) is 4.17. The number of benzene rings is 2. The van der Waals surface area contributed by atoms with Crippen LogP contribution in [0.3, 0.4) is 0 Å². The molecule has 1 unspecified atom stereocenters. The quantitative estimate of drug-likeness (QED) is 0.425. The predicted molar refractivity (Wildman–Crippen MR) is 136 cm³/mol. The van der Waals surface area contributed by atoms with Gasteiger partial charge in [-0.25, -0.2) is 9.97 Å². The summed E-state index contributed by atoms with van der Waals surface area (Å²) in [6.45, 7) is 6.81. The summed E-state index contributed by atoms with van der Waals surface area (Å²) >= 11 is 6.21. The van der Waals surface area contributed by atoms with Gasteiger partial charge in [0.2, 0.25) is 0 Å². The Morgan fingerprint density at radius 1 is 1.23 bits per heavy atom. The Hall–Kier alpha value is -2.78. The Balaban J connectivity index is 1.48. The van der Waals surface area contributed by atoms with Crippen molar-refractivity contribution in [3.8, 4) is 17.1 Å². The molecule has 35 heavy (non-hydrogen) atoms. The predicted octanol–water partition coefficient (Wildman–Crippen LogP) is 3.82. The van der Waals surface area contributed by atoms with E-state index in [0.29, 0.717) is 53.8 Å². The lowest BCUT2D eigenvalue weighted by Crippen LogP contribution is -2.48. The van der Waals surface area contributed by atoms with Crippen LogP contribution in [-0.2, 0) is 9.47 Å². The van der Waals surface area contributed by atoms with Crippen molar-refractivity contribution in [2.75, 3.05) is 53.2 Å². The van der Waals surface area contributed by atoms with Gasteiger partial charge in [0.25, 0.3) is 5.91 Å². The molecule has 1 fully saturated rings. The maximum absolute atomic E-state index is 13.2. The van der Waals surface area contributed by atoms with Crippen LogP contribution in [0, 0.1) is 0 Å². The molecule has 0 spiro atoms. The number of nitrogens with zero attached hydrogens (tertiary/aromatic N) is 3. The Kier molecular flexibility index (Phi) is 8.87. The van der Waals surface area contributed by atoms with Gasteiger partial charge in [-0.15, -0.1) is 0 Å². The number of morpholine rings is 1. The maximum Gasteiger partial charge on any atom is 0.270 e. The van der Waals surface area contributed by atoms with Crippen molar-refractivity contribution >= 4 is 28.4 Å². The third-order valence-corrected chi connectivity index (χ3v) is 6.15. The molecule has 0 bridgehead atoms. The number of carbonyl (C=O) groups is 1. The first-order valence-corrected chi connectivity index (χ1v) is 12.3. The highest BCUT2D eigenvalue weighted by atomic mass is 35.5. The molecule has 186 valence electrons. The Labute approximate surface area is 210 Å². The number of hydrogen-bond donors (Lipinski definition) is 1. The Bertz CT molecular complexity index is 1140. The van der Waals surface area contributed by atoms with Crippen LogP contribution in [0.15, 0.2) is 42.5 Å². The molecule has 1 amide bonds. The average molecular weight is 499 g/mol. The van der Waals surface area contributed by atoms with Crippen LogP contribution >= 0.6 is 11.6 Å². The zero-order valence-electron chi connectivity index (χ0n) is 20.1. The van der Waals surface area contributed by atoms with Crippen LogP contribution in [0.2, 0.25) is 5.02 Å². The summed E-state index contributed by atoms with van der Waals surface area (Å²) < 4.78 is 16.4. The number of nitrogens with one attached hydrogen (secondary N) is 1. The number of aromatic nitrogens is 2. The highest BCUT2D eigenvalue weighted by Crippen LogP contribution is 2.25. The second kappa shape index (κ2) is 12.3. The number of rotatable bonds is 10. The van der Waals surface area contributed by atoms with Gasteiger partial charge >= 0.3 is 0 Å². The summed E-state index contributed by atoms with van der Waals surface area (Å²) in [6, 6.07) is 13.0. The minimum Gasteiger partial charge on any atom is -0.494 e. The summed E-state index contributed by atoms with van der Waals surface area (Å²) in [6.07, 6.45) is 0.812. The molecular weight excluding hydrogens is 468 g/mol. The molecule has 4 rings (SSSR count). The first-order valence-electron chi connectivity index (χ1n) is 11.9. The van der Waals surface area contributed by atoms with E-state index >= 15 is 0 Å².